The van der Waals surface area contributed by atoms with E-state index in [1.54, 1.807) is 6.20 Å². The number of hydrogen-bond acceptors (Lipinski definition) is 4. The third-order valence-corrected chi connectivity index (χ3v) is 2.42. The lowest BCUT2D eigenvalue weighted by atomic mass is 10.3. The Balaban J connectivity index is 2.24. The molecule has 2 N–H and O–H groups in total. The Labute approximate surface area is 87.6 Å². The monoisotopic (exact) mass is 213 g/mol. The number of morpholine rings is 1. The van der Waals surface area contributed by atoms with Crippen molar-refractivity contribution in [1.29, 1.82) is 0 Å². The van der Waals surface area contributed by atoms with Crippen LogP contribution in [0.2, 0.25) is 5.02 Å². The molecule has 1 aromatic heterocycles. The van der Waals surface area contributed by atoms with E-state index in [9.17, 15) is 0 Å². The van der Waals surface area contributed by atoms with Gasteiger partial charge in [-0.15, -0.1) is 0 Å². The van der Waals surface area contributed by atoms with Crippen LogP contribution in [0.1, 0.15) is 0 Å². The molecular formula is C9H12ClN3O. The van der Waals surface area contributed by atoms with Crippen molar-refractivity contribution in [3.63, 3.8) is 0 Å². The summed E-state index contributed by atoms with van der Waals surface area (Å²) in [6, 6.07) is 1.84. The predicted octanol–water partition coefficient (Wildman–Crippen LogP) is 1.15. The molecule has 0 amide bonds. The maximum Gasteiger partial charge on any atom is 0.147 e. The topological polar surface area (TPSA) is 51.4 Å². The van der Waals surface area contributed by atoms with Crippen molar-refractivity contribution in [2.24, 2.45) is 0 Å². The van der Waals surface area contributed by atoms with Gasteiger partial charge in [-0.05, 0) is 6.07 Å². The minimum Gasteiger partial charge on any atom is -0.382 e. The molecule has 1 aliphatic rings. The van der Waals surface area contributed by atoms with Gasteiger partial charge in [-0.3, -0.25) is 0 Å². The normalized spacial score (nSPS) is 17.1. The smallest absolute Gasteiger partial charge is 0.147 e. The van der Waals surface area contributed by atoms with Crippen molar-refractivity contribution in [3.05, 3.63) is 17.3 Å². The molecule has 0 radical (unpaired) electrons. The minimum absolute atomic E-state index is 0.524. The summed E-state index contributed by atoms with van der Waals surface area (Å²) in [5, 5.41) is 0.612. The van der Waals surface area contributed by atoms with Crippen LogP contribution in [0.3, 0.4) is 0 Å². The fourth-order valence-corrected chi connectivity index (χ4v) is 1.65. The maximum atomic E-state index is 5.86. The van der Waals surface area contributed by atoms with E-state index in [0.29, 0.717) is 10.8 Å². The van der Waals surface area contributed by atoms with Crippen LogP contribution < -0.4 is 10.6 Å². The van der Waals surface area contributed by atoms with Gasteiger partial charge in [0.25, 0.3) is 0 Å². The van der Waals surface area contributed by atoms with Gasteiger partial charge in [-0.1, -0.05) is 11.6 Å². The van der Waals surface area contributed by atoms with E-state index in [4.69, 9.17) is 22.1 Å². The second-order valence-electron chi connectivity index (χ2n) is 3.16. The number of nitrogens with two attached hydrogens (primary N) is 1. The number of aromatic nitrogens is 1. The molecule has 5 heteroatoms. The van der Waals surface area contributed by atoms with Gasteiger partial charge in [0.2, 0.25) is 0 Å². The van der Waals surface area contributed by atoms with E-state index in [1.807, 2.05) is 6.07 Å². The van der Waals surface area contributed by atoms with Gasteiger partial charge in [0.15, 0.2) is 0 Å². The molecule has 0 unspecified atom stereocenters. The summed E-state index contributed by atoms with van der Waals surface area (Å²) in [6.07, 6.45) is 1.56. The number of nitrogen functional groups attached to an aromatic ring is 1. The largest absolute Gasteiger partial charge is 0.382 e. The van der Waals surface area contributed by atoms with Gasteiger partial charge < -0.3 is 15.4 Å². The van der Waals surface area contributed by atoms with E-state index in [1.165, 1.54) is 0 Å². The van der Waals surface area contributed by atoms with Crippen LogP contribution in [0.25, 0.3) is 0 Å². The highest BCUT2D eigenvalue weighted by atomic mass is 35.5. The molecule has 2 rings (SSSR count). The molecule has 76 valence electrons. The van der Waals surface area contributed by atoms with Crippen LogP contribution in [-0.2, 0) is 4.74 Å². The molecule has 14 heavy (non-hydrogen) atoms. The average Bonchev–Trinajstić information content (AvgIpc) is 2.23. The Kier molecular flexibility index (Phi) is 2.74. The zero-order valence-electron chi connectivity index (χ0n) is 7.74. The van der Waals surface area contributed by atoms with Crippen LogP contribution >= 0.6 is 11.6 Å². The summed E-state index contributed by atoms with van der Waals surface area (Å²) in [6.45, 7) is 3.14. The lowest BCUT2D eigenvalue weighted by Gasteiger charge is -2.29. The standard InChI is InChI=1S/C9H12ClN3O/c10-7-5-8(9(11)12-6-7)13-1-3-14-4-2-13/h5-6H,1-4H2,(H2,11,12). The molecule has 0 saturated carbocycles. The first-order valence-corrected chi connectivity index (χ1v) is 4.89. The Morgan fingerprint density at radius 1 is 1.43 bits per heavy atom. The zero-order chi connectivity index (χ0) is 9.97. The highest BCUT2D eigenvalue weighted by Gasteiger charge is 2.14. The number of hydrogen-bond donors (Lipinski definition) is 1. The highest BCUT2D eigenvalue weighted by molar-refractivity contribution is 6.30. The number of anilines is 2. The van der Waals surface area contributed by atoms with Crippen LogP contribution in [0.4, 0.5) is 11.5 Å². The molecule has 0 spiro atoms. The van der Waals surface area contributed by atoms with Gasteiger partial charge in [-0.2, -0.15) is 0 Å². The molecular weight excluding hydrogens is 202 g/mol. The fraction of sp³-hybridized carbons (Fsp3) is 0.444. The second-order valence-corrected chi connectivity index (χ2v) is 3.59. The van der Waals surface area contributed by atoms with Crippen LogP contribution in [0, 0.1) is 0 Å². The molecule has 1 aliphatic heterocycles. The summed E-state index contributed by atoms with van der Waals surface area (Å²) < 4.78 is 5.26. The van der Waals surface area contributed by atoms with Gasteiger partial charge in [-0.25, -0.2) is 4.98 Å². The molecule has 0 atom stereocenters. The molecule has 2 heterocycles. The van der Waals surface area contributed by atoms with Crippen LogP contribution in [0.5, 0.6) is 0 Å². The van der Waals surface area contributed by atoms with E-state index >= 15 is 0 Å². The summed E-state index contributed by atoms with van der Waals surface area (Å²) in [5.74, 6) is 0.524. The van der Waals surface area contributed by atoms with Crippen molar-refractivity contribution >= 4 is 23.1 Å². The molecule has 4 nitrogen and oxygen atoms in total. The van der Waals surface area contributed by atoms with Gasteiger partial charge >= 0.3 is 0 Å². The third kappa shape index (κ3) is 1.91. The highest BCUT2D eigenvalue weighted by Crippen LogP contribution is 2.24. The zero-order valence-corrected chi connectivity index (χ0v) is 8.50. The second kappa shape index (κ2) is 4.02. The van der Waals surface area contributed by atoms with E-state index < -0.39 is 0 Å². The average molecular weight is 214 g/mol. The predicted molar refractivity (Wildman–Crippen MR) is 56.7 cm³/mol. The minimum atomic E-state index is 0.524. The SMILES string of the molecule is Nc1ncc(Cl)cc1N1CCOCC1. The summed E-state index contributed by atoms with van der Waals surface area (Å²) in [4.78, 5) is 6.15. The molecule has 1 aromatic rings. The summed E-state index contributed by atoms with van der Waals surface area (Å²) in [5.41, 5.74) is 6.67. The number of rotatable bonds is 1. The van der Waals surface area contributed by atoms with Crippen LogP contribution in [0.15, 0.2) is 12.3 Å². The first-order valence-electron chi connectivity index (χ1n) is 4.51. The number of nitrogens with zero attached hydrogens (tertiary/aromatic N) is 2. The Morgan fingerprint density at radius 2 is 2.14 bits per heavy atom. The Bertz CT molecular complexity index is 326. The number of halogens is 1. The van der Waals surface area contributed by atoms with Gasteiger partial charge in [0.1, 0.15) is 5.82 Å². The van der Waals surface area contributed by atoms with Crippen LogP contribution in [-0.4, -0.2) is 31.3 Å². The van der Waals surface area contributed by atoms with Crippen molar-refractivity contribution in [1.82, 2.24) is 4.98 Å². The molecule has 0 aliphatic carbocycles. The Morgan fingerprint density at radius 3 is 2.86 bits per heavy atom. The van der Waals surface area contributed by atoms with E-state index in [0.717, 1.165) is 32.0 Å². The van der Waals surface area contributed by atoms with Crippen molar-refractivity contribution in [2.75, 3.05) is 36.9 Å². The third-order valence-electron chi connectivity index (χ3n) is 2.22. The van der Waals surface area contributed by atoms with E-state index in [2.05, 4.69) is 9.88 Å². The lowest BCUT2D eigenvalue weighted by molar-refractivity contribution is 0.123. The summed E-state index contributed by atoms with van der Waals surface area (Å²) >= 11 is 5.86. The Hall–Kier alpha value is -1.00. The molecule has 1 fully saturated rings. The van der Waals surface area contributed by atoms with E-state index in [-0.39, 0.29) is 0 Å². The molecule has 0 aromatic carbocycles. The maximum absolute atomic E-state index is 5.86. The first-order chi connectivity index (χ1) is 6.77. The first kappa shape index (κ1) is 9.55. The van der Waals surface area contributed by atoms with Gasteiger partial charge in [0.05, 0.1) is 23.9 Å². The number of ether oxygens (including phenoxy) is 1. The van der Waals surface area contributed by atoms with Crippen molar-refractivity contribution in [2.45, 2.75) is 0 Å². The number of pyridine rings is 1. The van der Waals surface area contributed by atoms with Gasteiger partial charge in [0, 0.05) is 19.3 Å². The lowest BCUT2D eigenvalue weighted by Crippen LogP contribution is -2.36. The van der Waals surface area contributed by atoms with Crippen molar-refractivity contribution in [3.8, 4) is 0 Å². The molecule has 1 saturated heterocycles. The molecule has 0 bridgehead atoms. The fourth-order valence-electron chi connectivity index (χ4n) is 1.50. The van der Waals surface area contributed by atoms with Crippen molar-refractivity contribution < 1.29 is 4.74 Å². The summed E-state index contributed by atoms with van der Waals surface area (Å²) in [7, 11) is 0. The quantitative estimate of drug-likeness (QED) is 0.761.